The van der Waals surface area contributed by atoms with E-state index in [0.29, 0.717) is 33.5 Å². The molecule has 3 aromatic carbocycles. The van der Waals surface area contributed by atoms with Crippen molar-refractivity contribution in [3.63, 3.8) is 0 Å². The van der Waals surface area contributed by atoms with Crippen molar-refractivity contribution in [2.24, 2.45) is 5.10 Å². The van der Waals surface area contributed by atoms with Gasteiger partial charge in [0.15, 0.2) is 24.7 Å². The van der Waals surface area contributed by atoms with Crippen LogP contribution in [0.15, 0.2) is 77.9 Å². The quantitative estimate of drug-likeness (QED) is 0.348. The van der Waals surface area contributed by atoms with Gasteiger partial charge in [0.2, 0.25) is 0 Å². The number of carbonyl (C=O) groups is 2. The Balaban J connectivity index is 1.49. The number of benzene rings is 3. The lowest BCUT2D eigenvalue weighted by atomic mass is 10.2. The summed E-state index contributed by atoms with van der Waals surface area (Å²) in [6.45, 7) is -0.414. The summed E-state index contributed by atoms with van der Waals surface area (Å²) in [5.41, 5.74) is 3.71. The Morgan fingerprint density at radius 3 is 2.33 bits per heavy atom. The van der Waals surface area contributed by atoms with Crippen LogP contribution in [0.2, 0.25) is 5.02 Å². The lowest BCUT2D eigenvalue weighted by molar-refractivity contribution is -0.123. The molecule has 0 aliphatic carbocycles. The molecule has 0 saturated heterocycles. The van der Waals surface area contributed by atoms with E-state index in [4.69, 9.17) is 25.8 Å². The number of carbonyl (C=O) groups excluding carboxylic acids is 2. The fourth-order valence-corrected chi connectivity index (χ4v) is 2.85. The molecule has 0 heterocycles. The SMILES string of the molecule is COc1cc(/C=N\NC(=O)COc2ccccc2Cl)ccc1OCC(=O)Nc1ccccc1. The van der Waals surface area contributed by atoms with Crippen LogP contribution in [0.1, 0.15) is 5.56 Å². The van der Waals surface area contributed by atoms with Crippen molar-refractivity contribution < 1.29 is 23.8 Å². The van der Waals surface area contributed by atoms with Crippen LogP contribution in [0, 0.1) is 0 Å². The van der Waals surface area contributed by atoms with Crippen molar-refractivity contribution in [1.29, 1.82) is 0 Å². The fourth-order valence-electron chi connectivity index (χ4n) is 2.66. The van der Waals surface area contributed by atoms with Gasteiger partial charge in [0.05, 0.1) is 18.3 Å². The van der Waals surface area contributed by atoms with Gasteiger partial charge in [0.25, 0.3) is 11.8 Å². The molecule has 8 nitrogen and oxygen atoms in total. The normalized spacial score (nSPS) is 10.5. The summed E-state index contributed by atoms with van der Waals surface area (Å²) in [5.74, 6) is 0.490. The van der Waals surface area contributed by atoms with Crippen LogP contribution in [-0.4, -0.2) is 38.4 Å². The zero-order chi connectivity index (χ0) is 23.5. The van der Waals surface area contributed by atoms with Gasteiger partial charge in [-0.25, -0.2) is 5.43 Å². The summed E-state index contributed by atoms with van der Waals surface area (Å²) in [4.78, 5) is 24.0. The minimum atomic E-state index is -0.442. The van der Waals surface area contributed by atoms with Crippen LogP contribution >= 0.6 is 11.6 Å². The Hall–Kier alpha value is -4.04. The molecular formula is C24H22ClN3O5. The molecule has 3 aromatic rings. The summed E-state index contributed by atoms with van der Waals surface area (Å²) < 4.78 is 16.2. The van der Waals surface area contributed by atoms with Gasteiger partial charge in [0.1, 0.15) is 5.75 Å². The maximum Gasteiger partial charge on any atom is 0.277 e. The molecule has 0 aromatic heterocycles. The Bertz CT molecular complexity index is 1120. The first kappa shape index (κ1) is 23.6. The highest BCUT2D eigenvalue weighted by Crippen LogP contribution is 2.27. The molecule has 0 unspecified atom stereocenters. The number of hydrazone groups is 1. The third-order valence-electron chi connectivity index (χ3n) is 4.20. The Labute approximate surface area is 196 Å². The molecule has 9 heteroatoms. The van der Waals surface area contributed by atoms with Gasteiger partial charge >= 0.3 is 0 Å². The molecular weight excluding hydrogens is 446 g/mol. The van der Waals surface area contributed by atoms with Gasteiger partial charge in [-0.3, -0.25) is 9.59 Å². The molecule has 2 N–H and O–H groups in total. The minimum Gasteiger partial charge on any atom is -0.493 e. The lowest BCUT2D eigenvalue weighted by Crippen LogP contribution is -2.24. The number of nitrogens with zero attached hydrogens (tertiary/aromatic N) is 1. The van der Waals surface area contributed by atoms with Crippen molar-refractivity contribution in [2.45, 2.75) is 0 Å². The number of rotatable bonds is 10. The Morgan fingerprint density at radius 1 is 0.879 bits per heavy atom. The minimum absolute atomic E-state index is 0.180. The van der Waals surface area contributed by atoms with Crippen molar-refractivity contribution in [2.75, 3.05) is 25.6 Å². The number of amides is 2. The monoisotopic (exact) mass is 467 g/mol. The second-order valence-electron chi connectivity index (χ2n) is 6.63. The van der Waals surface area contributed by atoms with Crippen molar-refractivity contribution in [3.8, 4) is 17.2 Å². The van der Waals surface area contributed by atoms with Gasteiger partial charge in [-0.15, -0.1) is 0 Å². The van der Waals surface area contributed by atoms with Gasteiger partial charge < -0.3 is 19.5 Å². The van der Waals surface area contributed by atoms with E-state index in [1.54, 1.807) is 54.6 Å². The van der Waals surface area contributed by atoms with Gasteiger partial charge in [-0.2, -0.15) is 5.10 Å². The maximum atomic E-state index is 12.1. The molecule has 0 spiro atoms. The van der Waals surface area contributed by atoms with Gasteiger partial charge in [0, 0.05) is 5.69 Å². The van der Waals surface area contributed by atoms with E-state index in [0.717, 1.165) is 0 Å². The largest absolute Gasteiger partial charge is 0.493 e. The molecule has 0 atom stereocenters. The van der Waals surface area contributed by atoms with E-state index in [1.807, 2.05) is 18.2 Å². The van der Waals surface area contributed by atoms with Crippen LogP contribution in [-0.2, 0) is 9.59 Å². The van der Waals surface area contributed by atoms with Crippen LogP contribution in [0.3, 0.4) is 0 Å². The van der Waals surface area contributed by atoms with E-state index in [1.165, 1.54) is 13.3 Å². The first-order chi connectivity index (χ1) is 16.0. The number of hydrogen-bond donors (Lipinski definition) is 2. The van der Waals surface area contributed by atoms with Crippen molar-refractivity contribution in [1.82, 2.24) is 5.43 Å². The second-order valence-corrected chi connectivity index (χ2v) is 7.03. The number of methoxy groups -OCH3 is 1. The van der Waals surface area contributed by atoms with Crippen molar-refractivity contribution >= 4 is 35.3 Å². The summed E-state index contributed by atoms with van der Waals surface area (Å²) >= 11 is 5.98. The standard InChI is InChI=1S/C24H22ClN3O5/c1-31-22-13-17(14-26-28-24(30)16-32-20-10-6-5-9-19(20)25)11-12-21(22)33-15-23(29)27-18-7-3-2-4-8-18/h2-14H,15-16H2,1H3,(H,27,29)(H,28,30)/b26-14-. The number of hydrogen-bond acceptors (Lipinski definition) is 6. The molecule has 0 aliphatic rings. The molecule has 2 amide bonds. The highest BCUT2D eigenvalue weighted by atomic mass is 35.5. The summed E-state index contributed by atoms with van der Waals surface area (Å²) in [5, 5.41) is 7.06. The topological polar surface area (TPSA) is 98.2 Å². The van der Waals surface area contributed by atoms with Crippen LogP contribution < -0.4 is 25.0 Å². The average molecular weight is 468 g/mol. The molecule has 0 saturated carbocycles. The molecule has 0 fully saturated rings. The molecule has 3 rings (SSSR count). The zero-order valence-corrected chi connectivity index (χ0v) is 18.5. The zero-order valence-electron chi connectivity index (χ0n) is 17.8. The first-order valence-electron chi connectivity index (χ1n) is 9.90. The average Bonchev–Trinajstić information content (AvgIpc) is 2.83. The Morgan fingerprint density at radius 2 is 1.58 bits per heavy atom. The third-order valence-corrected chi connectivity index (χ3v) is 4.51. The summed E-state index contributed by atoms with van der Waals surface area (Å²) in [6.07, 6.45) is 1.45. The molecule has 0 aliphatic heterocycles. The number of nitrogens with one attached hydrogen (secondary N) is 2. The number of para-hydroxylation sites is 2. The molecule has 0 radical (unpaired) electrons. The second kappa shape index (κ2) is 12.1. The number of halogens is 1. The smallest absolute Gasteiger partial charge is 0.277 e. The van der Waals surface area contributed by atoms with Crippen molar-refractivity contribution in [3.05, 3.63) is 83.4 Å². The van der Waals surface area contributed by atoms with Crippen LogP contribution in [0.25, 0.3) is 0 Å². The predicted octanol–water partition coefficient (Wildman–Crippen LogP) is 3.90. The highest BCUT2D eigenvalue weighted by molar-refractivity contribution is 6.32. The van der Waals surface area contributed by atoms with E-state index in [9.17, 15) is 9.59 Å². The Kier molecular flexibility index (Phi) is 8.67. The van der Waals surface area contributed by atoms with E-state index < -0.39 is 5.91 Å². The number of anilines is 1. The summed E-state index contributed by atoms with van der Waals surface area (Å²) in [6, 6.07) is 21.0. The van der Waals surface area contributed by atoms with Gasteiger partial charge in [-0.1, -0.05) is 41.9 Å². The highest BCUT2D eigenvalue weighted by Gasteiger charge is 2.09. The lowest BCUT2D eigenvalue weighted by Gasteiger charge is -2.11. The van der Waals surface area contributed by atoms with Gasteiger partial charge in [-0.05, 0) is 48.0 Å². The van der Waals surface area contributed by atoms with Crippen LogP contribution in [0.5, 0.6) is 17.2 Å². The van der Waals surface area contributed by atoms with E-state index in [-0.39, 0.29) is 19.1 Å². The van der Waals surface area contributed by atoms with E-state index >= 15 is 0 Å². The molecule has 170 valence electrons. The number of ether oxygens (including phenoxy) is 3. The predicted molar refractivity (Wildman–Crippen MR) is 126 cm³/mol. The molecule has 33 heavy (non-hydrogen) atoms. The van der Waals surface area contributed by atoms with E-state index in [2.05, 4.69) is 15.8 Å². The third kappa shape index (κ3) is 7.55. The first-order valence-corrected chi connectivity index (χ1v) is 10.3. The van der Waals surface area contributed by atoms with Crippen LogP contribution in [0.4, 0.5) is 5.69 Å². The molecule has 0 bridgehead atoms. The fraction of sp³-hybridized carbons (Fsp3) is 0.125. The maximum absolute atomic E-state index is 12.1. The summed E-state index contributed by atoms with van der Waals surface area (Å²) in [7, 11) is 1.49.